The van der Waals surface area contributed by atoms with Gasteiger partial charge >= 0.3 is 0 Å². The average molecular weight is 182 g/mol. The first kappa shape index (κ1) is 9.89. The zero-order valence-electron chi connectivity index (χ0n) is 8.83. The van der Waals surface area contributed by atoms with Crippen molar-refractivity contribution in [3.05, 3.63) is 5.69 Å². The summed E-state index contributed by atoms with van der Waals surface area (Å²) in [7, 11) is 2.03. The Bertz CT molecular complexity index is 290. The minimum Gasteiger partial charge on any atom is -0.394 e. The molecule has 13 heavy (non-hydrogen) atoms. The Morgan fingerprint density at radius 3 is 2.54 bits per heavy atom. The summed E-state index contributed by atoms with van der Waals surface area (Å²) in [6, 6.07) is 0. The minimum absolute atomic E-state index is 0.797. The number of hydrogen-bond donors (Lipinski definition) is 1. The van der Waals surface area contributed by atoms with Crippen LogP contribution >= 0.6 is 0 Å². The second-order valence-electron chi connectivity index (χ2n) is 3.15. The molecule has 0 aliphatic heterocycles. The standard InChI is InChI=1S/C9H18N4/c1-5-12(4)9-8(10)7(3)11-13(9)6-2/h5-6,10H2,1-4H3. The van der Waals surface area contributed by atoms with Crippen molar-refractivity contribution in [3.63, 3.8) is 0 Å². The SMILES string of the molecule is CCN(C)c1c(N)c(C)nn1CC. The van der Waals surface area contributed by atoms with Crippen LogP contribution in [0.15, 0.2) is 0 Å². The molecule has 0 spiro atoms. The summed E-state index contributed by atoms with van der Waals surface area (Å²) in [6.07, 6.45) is 0. The predicted octanol–water partition coefficient (Wildman–Crippen LogP) is 1.25. The van der Waals surface area contributed by atoms with Crippen LogP contribution in [0.4, 0.5) is 11.5 Å². The molecule has 0 amide bonds. The van der Waals surface area contributed by atoms with Crippen LogP contribution in [0.3, 0.4) is 0 Å². The lowest BCUT2D eigenvalue weighted by molar-refractivity contribution is 0.643. The highest BCUT2D eigenvalue weighted by Gasteiger charge is 2.13. The van der Waals surface area contributed by atoms with Crippen LogP contribution in [-0.4, -0.2) is 23.4 Å². The number of rotatable bonds is 3. The molecule has 4 heteroatoms. The Balaban J connectivity index is 3.15. The molecule has 0 unspecified atom stereocenters. The van der Waals surface area contributed by atoms with E-state index in [0.717, 1.165) is 30.3 Å². The van der Waals surface area contributed by atoms with Gasteiger partial charge in [-0.1, -0.05) is 0 Å². The van der Waals surface area contributed by atoms with Crippen LogP contribution < -0.4 is 10.6 Å². The number of anilines is 2. The van der Waals surface area contributed by atoms with Gasteiger partial charge in [0.1, 0.15) is 5.82 Å². The molecule has 0 aliphatic carbocycles. The average Bonchev–Trinajstić information content (AvgIpc) is 2.42. The maximum Gasteiger partial charge on any atom is 0.150 e. The first-order valence-electron chi connectivity index (χ1n) is 4.65. The van der Waals surface area contributed by atoms with Gasteiger partial charge in [0.25, 0.3) is 0 Å². The van der Waals surface area contributed by atoms with Crippen molar-refractivity contribution in [2.75, 3.05) is 24.2 Å². The molecule has 0 aliphatic rings. The monoisotopic (exact) mass is 182 g/mol. The highest BCUT2D eigenvalue weighted by Crippen LogP contribution is 2.24. The van der Waals surface area contributed by atoms with Gasteiger partial charge in [-0.25, -0.2) is 4.68 Å². The lowest BCUT2D eigenvalue weighted by Crippen LogP contribution is -2.20. The molecule has 0 saturated heterocycles. The van der Waals surface area contributed by atoms with Gasteiger partial charge in [-0.05, 0) is 20.8 Å². The number of nitrogens with zero attached hydrogens (tertiary/aromatic N) is 3. The van der Waals surface area contributed by atoms with Crippen LogP contribution in [-0.2, 0) is 6.54 Å². The van der Waals surface area contributed by atoms with E-state index in [1.807, 2.05) is 18.7 Å². The molecule has 0 aromatic carbocycles. The normalized spacial score (nSPS) is 10.5. The summed E-state index contributed by atoms with van der Waals surface area (Å²) < 4.78 is 1.94. The largest absolute Gasteiger partial charge is 0.394 e. The van der Waals surface area contributed by atoms with E-state index in [2.05, 4.69) is 23.8 Å². The molecule has 74 valence electrons. The third-order valence-electron chi connectivity index (χ3n) is 2.28. The van der Waals surface area contributed by atoms with Crippen molar-refractivity contribution >= 4 is 11.5 Å². The van der Waals surface area contributed by atoms with E-state index in [1.54, 1.807) is 0 Å². The Morgan fingerprint density at radius 1 is 1.46 bits per heavy atom. The van der Waals surface area contributed by atoms with Gasteiger partial charge in [-0.15, -0.1) is 0 Å². The van der Waals surface area contributed by atoms with Crippen LogP contribution in [0.1, 0.15) is 19.5 Å². The van der Waals surface area contributed by atoms with Gasteiger partial charge in [-0.3, -0.25) is 0 Å². The summed E-state index contributed by atoms with van der Waals surface area (Å²) >= 11 is 0. The molecule has 1 aromatic rings. The van der Waals surface area contributed by atoms with E-state index in [0.29, 0.717) is 0 Å². The van der Waals surface area contributed by atoms with Crippen molar-refractivity contribution in [1.29, 1.82) is 0 Å². The van der Waals surface area contributed by atoms with Gasteiger partial charge in [-0.2, -0.15) is 5.10 Å². The van der Waals surface area contributed by atoms with E-state index >= 15 is 0 Å². The molecule has 4 nitrogen and oxygen atoms in total. The Hall–Kier alpha value is -1.19. The second kappa shape index (κ2) is 3.68. The van der Waals surface area contributed by atoms with Gasteiger partial charge in [0.2, 0.25) is 0 Å². The van der Waals surface area contributed by atoms with E-state index in [-0.39, 0.29) is 0 Å². The maximum atomic E-state index is 5.93. The molecule has 1 rings (SSSR count). The van der Waals surface area contributed by atoms with E-state index in [4.69, 9.17) is 5.73 Å². The number of nitrogen functional groups attached to an aromatic ring is 1. The fourth-order valence-electron chi connectivity index (χ4n) is 1.36. The smallest absolute Gasteiger partial charge is 0.150 e. The molecular weight excluding hydrogens is 164 g/mol. The second-order valence-corrected chi connectivity index (χ2v) is 3.15. The molecule has 0 bridgehead atoms. The van der Waals surface area contributed by atoms with Gasteiger partial charge < -0.3 is 10.6 Å². The molecule has 1 heterocycles. The third-order valence-corrected chi connectivity index (χ3v) is 2.28. The Morgan fingerprint density at radius 2 is 2.08 bits per heavy atom. The molecule has 0 radical (unpaired) electrons. The lowest BCUT2D eigenvalue weighted by Gasteiger charge is -2.18. The first-order valence-corrected chi connectivity index (χ1v) is 4.65. The fourth-order valence-corrected chi connectivity index (χ4v) is 1.36. The number of nitrogens with two attached hydrogens (primary N) is 1. The van der Waals surface area contributed by atoms with E-state index in [1.165, 1.54) is 0 Å². The van der Waals surface area contributed by atoms with Gasteiger partial charge in [0.05, 0.1) is 11.4 Å². The maximum absolute atomic E-state index is 5.93. The Labute approximate surface area is 79.3 Å². The van der Waals surface area contributed by atoms with E-state index in [9.17, 15) is 0 Å². The van der Waals surface area contributed by atoms with E-state index < -0.39 is 0 Å². The zero-order chi connectivity index (χ0) is 10.0. The summed E-state index contributed by atoms with van der Waals surface area (Å²) in [6.45, 7) is 7.90. The van der Waals surface area contributed by atoms with Crippen LogP contribution in [0.25, 0.3) is 0 Å². The predicted molar refractivity (Wildman–Crippen MR) is 56.0 cm³/mol. The third kappa shape index (κ3) is 1.61. The zero-order valence-corrected chi connectivity index (χ0v) is 8.83. The molecule has 0 saturated carbocycles. The minimum atomic E-state index is 0.797. The number of aromatic nitrogens is 2. The van der Waals surface area contributed by atoms with Crippen LogP contribution in [0, 0.1) is 6.92 Å². The van der Waals surface area contributed by atoms with Gasteiger partial charge in [0.15, 0.2) is 0 Å². The number of hydrogen-bond acceptors (Lipinski definition) is 3. The molecule has 2 N–H and O–H groups in total. The van der Waals surface area contributed by atoms with Crippen molar-refractivity contribution in [2.45, 2.75) is 27.3 Å². The molecule has 1 aromatic heterocycles. The molecule has 0 atom stereocenters. The summed E-state index contributed by atoms with van der Waals surface area (Å²) in [5.41, 5.74) is 7.64. The highest BCUT2D eigenvalue weighted by atomic mass is 15.4. The Kier molecular flexibility index (Phi) is 2.80. The molecule has 0 fully saturated rings. The molecular formula is C9H18N4. The van der Waals surface area contributed by atoms with Crippen molar-refractivity contribution in [3.8, 4) is 0 Å². The van der Waals surface area contributed by atoms with Crippen LogP contribution in [0.2, 0.25) is 0 Å². The highest BCUT2D eigenvalue weighted by molar-refractivity contribution is 5.65. The quantitative estimate of drug-likeness (QED) is 0.765. The first-order chi connectivity index (χ1) is 6.11. The number of aryl methyl sites for hydroxylation is 2. The van der Waals surface area contributed by atoms with Crippen LogP contribution in [0.5, 0.6) is 0 Å². The topological polar surface area (TPSA) is 47.1 Å². The fraction of sp³-hybridized carbons (Fsp3) is 0.667. The summed E-state index contributed by atoms with van der Waals surface area (Å²) in [4.78, 5) is 2.11. The van der Waals surface area contributed by atoms with Crippen molar-refractivity contribution < 1.29 is 0 Å². The summed E-state index contributed by atoms with van der Waals surface area (Å²) in [5.74, 6) is 1.03. The lowest BCUT2D eigenvalue weighted by atomic mass is 10.3. The summed E-state index contributed by atoms with van der Waals surface area (Å²) in [5, 5.41) is 4.35. The van der Waals surface area contributed by atoms with Gasteiger partial charge in [0, 0.05) is 20.1 Å². The van der Waals surface area contributed by atoms with Crippen molar-refractivity contribution in [1.82, 2.24) is 9.78 Å². The van der Waals surface area contributed by atoms with Crippen molar-refractivity contribution in [2.24, 2.45) is 0 Å².